The Labute approximate surface area is 195 Å². The average molecular weight is 562 g/mol. The molecule has 22 heteroatoms. The van der Waals surface area contributed by atoms with Gasteiger partial charge in [-0.05, 0) is 13.8 Å². The van der Waals surface area contributed by atoms with Crippen LogP contribution in [-0.2, 0) is 36.3 Å². The second-order valence-electron chi connectivity index (χ2n) is 8.09. The van der Waals surface area contributed by atoms with Gasteiger partial charge in [0.1, 0.15) is 17.7 Å². The quantitative estimate of drug-likeness (QED) is 0.192. The highest BCUT2D eigenvalue weighted by atomic mass is 31.3. The Morgan fingerprint density at radius 2 is 1.74 bits per heavy atom. The van der Waals surface area contributed by atoms with Crippen molar-refractivity contribution < 1.29 is 61.0 Å². The Morgan fingerprint density at radius 3 is 2.37 bits per heavy atom. The van der Waals surface area contributed by atoms with Crippen molar-refractivity contribution >= 4 is 46.4 Å². The maximum absolute atomic E-state index is 12.2. The molecule has 2 bridgehead atoms. The van der Waals surface area contributed by atoms with Gasteiger partial charge in [-0.2, -0.15) is 18.6 Å². The topological polar surface area (TPSA) is 294 Å². The van der Waals surface area contributed by atoms with Crippen molar-refractivity contribution in [3.8, 4) is 0 Å². The first-order chi connectivity index (χ1) is 15.9. The van der Waals surface area contributed by atoms with E-state index in [1.807, 2.05) is 0 Å². The number of aliphatic hydroxyl groups excluding tert-OH is 1. The molecule has 196 valence electrons. The van der Waals surface area contributed by atoms with Crippen molar-refractivity contribution in [1.29, 1.82) is 0 Å². The molecular formula is C13H21N6O13P3. The number of fused-ring (bicyclic) bond motifs is 3. The molecule has 0 radical (unpaired) electrons. The van der Waals surface area contributed by atoms with Crippen molar-refractivity contribution in [3.05, 3.63) is 6.33 Å². The third-order valence-electron chi connectivity index (χ3n) is 5.45. The van der Waals surface area contributed by atoms with Gasteiger partial charge in [-0.1, -0.05) is 0 Å². The fourth-order valence-electron chi connectivity index (χ4n) is 3.97. The van der Waals surface area contributed by atoms with Crippen LogP contribution in [0.25, 0.3) is 11.2 Å². The minimum atomic E-state index is -5.74. The molecule has 2 aliphatic heterocycles. The van der Waals surface area contributed by atoms with Crippen LogP contribution < -0.4 is 11.5 Å². The van der Waals surface area contributed by atoms with E-state index in [0.29, 0.717) is 0 Å². The zero-order chi connectivity index (χ0) is 26.2. The number of aromatic nitrogens is 4. The molecule has 35 heavy (non-hydrogen) atoms. The van der Waals surface area contributed by atoms with Gasteiger partial charge in [0.25, 0.3) is 0 Å². The monoisotopic (exact) mass is 562 g/mol. The molecule has 2 aromatic heterocycles. The highest BCUT2D eigenvalue weighted by molar-refractivity contribution is 7.66. The molecule has 6 atom stereocenters. The minimum absolute atomic E-state index is 0.0152. The summed E-state index contributed by atoms with van der Waals surface area (Å²) >= 11 is 0. The minimum Gasteiger partial charge on any atom is -0.387 e. The number of phosphoric acid groups is 3. The third-order valence-corrected chi connectivity index (χ3v) is 9.23. The molecule has 0 aromatic carbocycles. The number of ether oxygens (including phenoxy) is 2. The second-order valence-corrected chi connectivity index (χ2v) is 12.5. The summed E-state index contributed by atoms with van der Waals surface area (Å²) in [6.07, 6.45) is -2.39. The zero-order valence-electron chi connectivity index (χ0n) is 17.8. The van der Waals surface area contributed by atoms with E-state index >= 15 is 0 Å². The van der Waals surface area contributed by atoms with Gasteiger partial charge in [0.15, 0.2) is 23.3 Å². The lowest BCUT2D eigenvalue weighted by molar-refractivity contribution is -0.255. The van der Waals surface area contributed by atoms with Crippen molar-refractivity contribution in [2.75, 3.05) is 18.1 Å². The number of nitrogens with zero attached hydrogens (tertiary/aromatic N) is 4. The summed E-state index contributed by atoms with van der Waals surface area (Å²) < 4.78 is 60.0. The van der Waals surface area contributed by atoms with Gasteiger partial charge in [-0.25, -0.2) is 18.7 Å². The van der Waals surface area contributed by atoms with E-state index in [2.05, 4.69) is 23.6 Å². The maximum Gasteiger partial charge on any atom is 0.490 e. The predicted octanol–water partition coefficient (Wildman–Crippen LogP) is -0.860. The van der Waals surface area contributed by atoms with Crippen molar-refractivity contribution in [1.82, 2.24) is 19.5 Å². The summed E-state index contributed by atoms with van der Waals surface area (Å²) in [4.78, 5) is 48.4. The Bertz CT molecular complexity index is 1310. The Balaban J connectivity index is 1.60. The molecule has 4 heterocycles. The summed E-state index contributed by atoms with van der Waals surface area (Å²) in [5, 5.41) is 11.0. The molecule has 9 N–H and O–H groups in total. The first-order valence-corrected chi connectivity index (χ1v) is 14.0. The Hall–Kier alpha value is -1.56. The molecule has 19 nitrogen and oxygen atoms in total. The van der Waals surface area contributed by atoms with E-state index in [9.17, 15) is 28.6 Å². The lowest BCUT2D eigenvalue weighted by Crippen LogP contribution is -2.57. The molecule has 2 saturated heterocycles. The molecule has 0 saturated carbocycles. The molecule has 2 fully saturated rings. The van der Waals surface area contributed by atoms with E-state index in [1.54, 1.807) is 0 Å². The van der Waals surface area contributed by atoms with Gasteiger partial charge < -0.3 is 45.6 Å². The van der Waals surface area contributed by atoms with Crippen LogP contribution in [0.2, 0.25) is 0 Å². The molecule has 4 rings (SSSR count). The second kappa shape index (κ2) is 8.22. The fourth-order valence-corrected chi connectivity index (χ4v) is 7.01. The number of nitrogens with two attached hydrogens (primary N) is 2. The van der Waals surface area contributed by atoms with Gasteiger partial charge in [0, 0.05) is 0 Å². The summed E-state index contributed by atoms with van der Waals surface area (Å²) in [5.41, 5.74) is 8.58. The number of phosphoric ester groups is 1. The van der Waals surface area contributed by atoms with Gasteiger partial charge in [0.05, 0.1) is 18.5 Å². The standard InChI is InChI=1S/C13H21N6O13P3/c1-12(2)13(3-28-34(24,25)32-35(26,27)31-33(21,22)23)7(20)6(29-12)10(30-13)19-4-16-5-8(14)17-11(15)18-9(5)19/h4,6-7,10,20H,3H2,1-2H3,(H,24,25)(H,26,27)(H2,21,22,23)(H4,14,15,17,18)/t6-,7+,10-,13-/m1/s1. The van der Waals surface area contributed by atoms with Crippen LogP contribution >= 0.6 is 23.5 Å². The van der Waals surface area contributed by atoms with E-state index in [4.69, 9.17) is 35.3 Å². The van der Waals surface area contributed by atoms with Crippen LogP contribution in [0.4, 0.5) is 11.8 Å². The number of imidazole rings is 1. The van der Waals surface area contributed by atoms with E-state index < -0.39 is 59.7 Å². The zero-order valence-corrected chi connectivity index (χ0v) is 20.5. The predicted molar refractivity (Wildman–Crippen MR) is 112 cm³/mol. The number of aliphatic hydroxyl groups is 1. The first-order valence-electron chi connectivity index (χ1n) is 9.44. The van der Waals surface area contributed by atoms with Gasteiger partial charge in [0.2, 0.25) is 5.95 Å². The van der Waals surface area contributed by atoms with Crippen LogP contribution in [0, 0.1) is 0 Å². The molecule has 0 spiro atoms. The molecule has 0 aliphatic carbocycles. The van der Waals surface area contributed by atoms with Crippen LogP contribution in [-0.4, -0.2) is 74.2 Å². The third kappa shape index (κ3) is 4.76. The number of nitrogen functional groups attached to an aromatic ring is 2. The maximum atomic E-state index is 12.2. The van der Waals surface area contributed by atoms with Crippen molar-refractivity contribution in [2.24, 2.45) is 0 Å². The van der Waals surface area contributed by atoms with Crippen LogP contribution in [0.5, 0.6) is 0 Å². The smallest absolute Gasteiger partial charge is 0.387 e. The molecular weight excluding hydrogens is 541 g/mol. The van der Waals surface area contributed by atoms with Gasteiger partial charge in [-0.15, -0.1) is 0 Å². The van der Waals surface area contributed by atoms with Crippen LogP contribution in [0.1, 0.15) is 20.1 Å². The number of hydrogen-bond acceptors (Lipinski definition) is 14. The number of rotatable bonds is 8. The fraction of sp³-hybridized carbons (Fsp3) is 0.615. The average Bonchev–Trinajstić information content (AvgIpc) is 3.23. The highest BCUT2D eigenvalue weighted by Crippen LogP contribution is 2.67. The van der Waals surface area contributed by atoms with E-state index in [0.717, 1.165) is 0 Å². The number of hydrogen-bond donors (Lipinski definition) is 7. The molecule has 2 aliphatic rings. The van der Waals surface area contributed by atoms with Crippen LogP contribution in [0.3, 0.4) is 0 Å². The van der Waals surface area contributed by atoms with Crippen molar-refractivity contribution in [2.45, 2.75) is 43.5 Å². The summed E-state index contributed by atoms with van der Waals surface area (Å²) in [6, 6.07) is 0. The summed E-state index contributed by atoms with van der Waals surface area (Å²) in [7, 11) is -16.8. The van der Waals surface area contributed by atoms with Gasteiger partial charge in [-0.3, -0.25) is 9.09 Å². The van der Waals surface area contributed by atoms with Gasteiger partial charge >= 0.3 is 23.5 Å². The van der Waals surface area contributed by atoms with E-state index in [1.165, 1.54) is 24.7 Å². The molecule has 2 unspecified atom stereocenters. The highest BCUT2D eigenvalue weighted by Gasteiger charge is 2.71. The first kappa shape index (κ1) is 26.5. The summed E-state index contributed by atoms with van der Waals surface area (Å²) in [6.45, 7) is 2.03. The Kier molecular flexibility index (Phi) is 6.23. The van der Waals surface area contributed by atoms with E-state index in [-0.39, 0.29) is 22.9 Å². The lowest BCUT2D eigenvalue weighted by atomic mass is 9.84. The lowest BCUT2D eigenvalue weighted by Gasteiger charge is -2.42. The normalized spacial score (nSPS) is 31.5. The summed E-state index contributed by atoms with van der Waals surface area (Å²) in [5.74, 6) is -0.178. The van der Waals surface area contributed by atoms with Crippen molar-refractivity contribution in [3.63, 3.8) is 0 Å². The molecule has 0 amide bonds. The Morgan fingerprint density at radius 1 is 1.09 bits per heavy atom. The number of anilines is 2. The van der Waals surface area contributed by atoms with Crippen LogP contribution in [0.15, 0.2) is 6.33 Å². The largest absolute Gasteiger partial charge is 0.490 e. The SMILES string of the molecule is CC1(C)O[C@H]2[C@H](n3cnc4c(N)nc(N)nc43)O[C@]1(COP(=O)(O)OP(=O)(O)OP(=O)(O)O)[C@H]2O. The molecule has 2 aromatic rings.